The molecule has 0 saturated heterocycles. The SMILES string of the molecule is CCCCNc1ncc(Cl)cc1[N+](=O)[O-]. The van der Waals surface area contributed by atoms with E-state index in [1.807, 2.05) is 6.92 Å². The van der Waals surface area contributed by atoms with Gasteiger partial charge in [0.05, 0.1) is 9.95 Å². The summed E-state index contributed by atoms with van der Waals surface area (Å²) in [6, 6.07) is 1.29. The normalized spacial score (nSPS) is 10.0. The van der Waals surface area contributed by atoms with Gasteiger partial charge < -0.3 is 5.32 Å². The Labute approximate surface area is 92.6 Å². The van der Waals surface area contributed by atoms with Crippen LogP contribution >= 0.6 is 11.6 Å². The van der Waals surface area contributed by atoms with Crippen LogP contribution in [0.3, 0.4) is 0 Å². The molecule has 15 heavy (non-hydrogen) atoms. The first-order chi connectivity index (χ1) is 7.15. The predicted octanol–water partition coefficient (Wildman–Crippen LogP) is 2.86. The van der Waals surface area contributed by atoms with Gasteiger partial charge in [0.2, 0.25) is 5.82 Å². The summed E-state index contributed by atoms with van der Waals surface area (Å²) in [5.74, 6) is 0.276. The van der Waals surface area contributed by atoms with Gasteiger partial charge in [-0.1, -0.05) is 24.9 Å². The number of aromatic nitrogens is 1. The third-order valence-corrected chi connectivity index (χ3v) is 2.06. The van der Waals surface area contributed by atoms with Crippen LogP contribution in [0, 0.1) is 10.1 Å². The second kappa shape index (κ2) is 5.50. The molecule has 0 fully saturated rings. The maximum absolute atomic E-state index is 10.7. The summed E-state index contributed by atoms with van der Waals surface area (Å²) in [5.41, 5.74) is -0.0846. The monoisotopic (exact) mass is 229 g/mol. The van der Waals surface area contributed by atoms with Crippen molar-refractivity contribution in [2.45, 2.75) is 19.8 Å². The molecular formula is C9H12ClN3O2. The van der Waals surface area contributed by atoms with Crippen LogP contribution in [0.2, 0.25) is 5.02 Å². The molecule has 5 nitrogen and oxygen atoms in total. The Hall–Kier alpha value is -1.36. The van der Waals surface area contributed by atoms with Gasteiger partial charge in [0.15, 0.2) is 0 Å². The molecule has 0 aliphatic heterocycles. The van der Waals surface area contributed by atoms with Crippen LogP contribution < -0.4 is 5.32 Å². The Morgan fingerprint density at radius 1 is 1.67 bits per heavy atom. The van der Waals surface area contributed by atoms with E-state index in [2.05, 4.69) is 10.3 Å². The molecule has 1 aromatic rings. The lowest BCUT2D eigenvalue weighted by Gasteiger charge is -2.04. The first kappa shape index (κ1) is 11.7. The zero-order chi connectivity index (χ0) is 11.3. The first-order valence-corrected chi connectivity index (χ1v) is 5.06. The van der Waals surface area contributed by atoms with Gasteiger partial charge in [-0.25, -0.2) is 4.98 Å². The van der Waals surface area contributed by atoms with Gasteiger partial charge in [-0.05, 0) is 6.42 Å². The van der Waals surface area contributed by atoms with Gasteiger partial charge in [0.1, 0.15) is 0 Å². The second-order valence-corrected chi connectivity index (χ2v) is 3.50. The number of hydrogen-bond acceptors (Lipinski definition) is 4. The largest absolute Gasteiger partial charge is 0.364 e. The number of halogens is 1. The summed E-state index contributed by atoms with van der Waals surface area (Å²) in [7, 11) is 0. The molecule has 1 aromatic heterocycles. The van der Waals surface area contributed by atoms with Crippen molar-refractivity contribution in [1.82, 2.24) is 4.98 Å². The summed E-state index contributed by atoms with van der Waals surface area (Å²) in [6.07, 6.45) is 3.36. The third-order valence-electron chi connectivity index (χ3n) is 1.85. The molecule has 0 aliphatic rings. The van der Waals surface area contributed by atoms with E-state index in [4.69, 9.17) is 11.6 Å². The third kappa shape index (κ3) is 3.36. The van der Waals surface area contributed by atoms with Crippen molar-refractivity contribution >= 4 is 23.1 Å². The van der Waals surface area contributed by atoms with Crippen LogP contribution in [-0.2, 0) is 0 Å². The van der Waals surface area contributed by atoms with E-state index in [0.717, 1.165) is 12.8 Å². The van der Waals surface area contributed by atoms with Crippen LogP contribution in [0.5, 0.6) is 0 Å². The van der Waals surface area contributed by atoms with Crippen LogP contribution in [0.25, 0.3) is 0 Å². The summed E-state index contributed by atoms with van der Waals surface area (Å²) in [4.78, 5) is 14.1. The van der Waals surface area contributed by atoms with E-state index in [9.17, 15) is 10.1 Å². The smallest absolute Gasteiger partial charge is 0.312 e. The van der Waals surface area contributed by atoms with Crippen molar-refractivity contribution in [3.8, 4) is 0 Å². The molecular weight excluding hydrogens is 218 g/mol. The lowest BCUT2D eigenvalue weighted by atomic mass is 10.3. The van der Waals surface area contributed by atoms with Gasteiger partial charge in [-0.3, -0.25) is 10.1 Å². The minimum atomic E-state index is -0.493. The molecule has 82 valence electrons. The van der Waals surface area contributed by atoms with Crippen molar-refractivity contribution in [3.63, 3.8) is 0 Å². The fourth-order valence-corrected chi connectivity index (χ4v) is 1.24. The van der Waals surface area contributed by atoms with Crippen LogP contribution in [0.15, 0.2) is 12.3 Å². The summed E-state index contributed by atoms with van der Waals surface area (Å²) in [6.45, 7) is 2.72. The van der Waals surface area contributed by atoms with Crippen LogP contribution in [-0.4, -0.2) is 16.5 Å². The summed E-state index contributed by atoms with van der Waals surface area (Å²) >= 11 is 5.63. The summed E-state index contributed by atoms with van der Waals surface area (Å²) in [5, 5.41) is 13.9. The van der Waals surface area contributed by atoms with E-state index < -0.39 is 4.92 Å². The van der Waals surface area contributed by atoms with Crippen molar-refractivity contribution < 1.29 is 4.92 Å². The van der Waals surface area contributed by atoms with E-state index in [1.165, 1.54) is 12.3 Å². The average molecular weight is 230 g/mol. The Kier molecular flexibility index (Phi) is 4.30. The van der Waals surface area contributed by atoms with Crippen LogP contribution in [0.1, 0.15) is 19.8 Å². The molecule has 1 N–H and O–H groups in total. The molecule has 6 heteroatoms. The van der Waals surface area contributed by atoms with E-state index in [-0.39, 0.29) is 16.5 Å². The van der Waals surface area contributed by atoms with Crippen molar-refractivity contribution in [3.05, 3.63) is 27.4 Å². The number of nitro groups is 1. The molecule has 0 spiro atoms. The number of rotatable bonds is 5. The highest BCUT2D eigenvalue weighted by Gasteiger charge is 2.15. The molecule has 0 aliphatic carbocycles. The number of pyridine rings is 1. The molecule has 0 aromatic carbocycles. The molecule has 0 atom stereocenters. The Morgan fingerprint density at radius 2 is 2.40 bits per heavy atom. The Bertz CT molecular complexity index is 357. The topological polar surface area (TPSA) is 68.1 Å². The average Bonchev–Trinajstić information content (AvgIpc) is 2.20. The van der Waals surface area contributed by atoms with Crippen molar-refractivity contribution in [2.24, 2.45) is 0 Å². The lowest BCUT2D eigenvalue weighted by molar-refractivity contribution is -0.384. The minimum Gasteiger partial charge on any atom is -0.364 e. The number of anilines is 1. The van der Waals surface area contributed by atoms with Crippen molar-refractivity contribution in [1.29, 1.82) is 0 Å². The second-order valence-electron chi connectivity index (χ2n) is 3.06. The summed E-state index contributed by atoms with van der Waals surface area (Å²) < 4.78 is 0. The van der Waals surface area contributed by atoms with E-state index >= 15 is 0 Å². The zero-order valence-corrected chi connectivity index (χ0v) is 9.12. The molecule has 0 saturated carbocycles. The lowest BCUT2D eigenvalue weighted by Crippen LogP contribution is -2.05. The van der Waals surface area contributed by atoms with Gasteiger partial charge in [0.25, 0.3) is 0 Å². The maximum Gasteiger partial charge on any atom is 0.312 e. The maximum atomic E-state index is 10.7. The molecule has 0 bridgehead atoms. The highest BCUT2D eigenvalue weighted by atomic mass is 35.5. The number of unbranched alkanes of at least 4 members (excludes halogenated alkanes) is 1. The van der Waals surface area contributed by atoms with Crippen molar-refractivity contribution in [2.75, 3.05) is 11.9 Å². The first-order valence-electron chi connectivity index (χ1n) is 4.69. The highest BCUT2D eigenvalue weighted by molar-refractivity contribution is 6.30. The fourth-order valence-electron chi connectivity index (χ4n) is 1.09. The van der Waals surface area contributed by atoms with Gasteiger partial charge in [-0.15, -0.1) is 0 Å². The predicted molar refractivity (Wildman–Crippen MR) is 59.3 cm³/mol. The molecule has 0 amide bonds. The van der Waals surface area contributed by atoms with E-state index in [1.54, 1.807) is 0 Å². The molecule has 0 radical (unpaired) electrons. The quantitative estimate of drug-likeness (QED) is 0.479. The van der Waals surface area contributed by atoms with Gasteiger partial charge >= 0.3 is 5.69 Å². The van der Waals surface area contributed by atoms with Gasteiger partial charge in [-0.2, -0.15) is 0 Å². The Morgan fingerprint density at radius 3 is 3.00 bits per heavy atom. The van der Waals surface area contributed by atoms with Crippen LogP contribution in [0.4, 0.5) is 11.5 Å². The Balaban J connectivity index is 2.81. The standard InChI is InChI=1S/C9H12ClN3O2/c1-2-3-4-11-9-8(13(14)15)5-7(10)6-12-9/h5-6H,2-4H2,1H3,(H,11,12). The number of nitrogens with one attached hydrogen (secondary N) is 1. The molecule has 1 heterocycles. The zero-order valence-electron chi connectivity index (χ0n) is 8.36. The fraction of sp³-hybridized carbons (Fsp3) is 0.444. The number of nitrogens with zero attached hydrogens (tertiary/aromatic N) is 2. The van der Waals surface area contributed by atoms with Gasteiger partial charge in [0, 0.05) is 18.8 Å². The number of hydrogen-bond donors (Lipinski definition) is 1. The highest BCUT2D eigenvalue weighted by Crippen LogP contribution is 2.24. The molecule has 1 rings (SSSR count). The van der Waals surface area contributed by atoms with E-state index in [0.29, 0.717) is 6.54 Å². The minimum absolute atomic E-state index is 0.0846. The molecule has 0 unspecified atom stereocenters.